The lowest BCUT2D eigenvalue weighted by atomic mass is 9.89. The largest absolute Gasteiger partial charge is 0.358 e. The second-order valence-corrected chi connectivity index (χ2v) is 6.31. The normalized spacial score (nSPS) is 24.0. The highest BCUT2D eigenvalue weighted by molar-refractivity contribution is 6.34. The maximum Gasteiger partial charge on any atom is 0.190 e. The lowest BCUT2D eigenvalue weighted by Gasteiger charge is -2.30. The van der Waals surface area contributed by atoms with Gasteiger partial charge in [0.25, 0.3) is 0 Å². The molecule has 1 unspecified atom stereocenters. The predicted molar refractivity (Wildman–Crippen MR) is 89.1 cm³/mol. The van der Waals surface area contributed by atoms with Gasteiger partial charge in [0, 0.05) is 6.54 Å². The van der Waals surface area contributed by atoms with E-state index >= 15 is 0 Å². The molecule has 0 aromatic heterocycles. The van der Waals surface area contributed by atoms with Crippen LogP contribution in [-0.4, -0.2) is 22.8 Å². The Bertz CT molecular complexity index is 748. The molecule has 0 spiro atoms. The molecule has 2 aliphatic rings. The van der Waals surface area contributed by atoms with Crippen LogP contribution in [0.3, 0.4) is 0 Å². The summed E-state index contributed by atoms with van der Waals surface area (Å²) >= 11 is 0. The van der Waals surface area contributed by atoms with Crippen molar-refractivity contribution in [3.63, 3.8) is 0 Å². The van der Waals surface area contributed by atoms with Crippen LogP contribution in [-0.2, 0) is 4.79 Å². The number of carbonyl (C=O) groups is 1. The zero-order valence-electron chi connectivity index (χ0n) is 12.8. The van der Waals surface area contributed by atoms with Crippen LogP contribution >= 0.6 is 0 Å². The Morgan fingerprint density at radius 3 is 2.14 bits per heavy atom. The molecule has 0 N–H and O–H groups in total. The van der Waals surface area contributed by atoms with E-state index in [9.17, 15) is 4.79 Å². The van der Waals surface area contributed by atoms with E-state index in [2.05, 4.69) is 24.0 Å². The number of ketones is 1. The van der Waals surface area contributed by atoms with Crippen LogP contribution in [0.15, 0.2) is 60.7 Å². The number of hydrogen-bond acceptors (Lipinski definition) is 2. The van der Waals surface area contributed by atoms with Gasteiger partial charge in [-0.15, -0.1) is 0 Å². The molecule has 110 valence electrons. The molecule has 2 aliphatic heterocycles. The lowest BCUT2D eigenvalue weighted by molar-refractivity contribution is -0.120. The van der Waals surface area contributed by atoms with Crippen molar-refractivity contribution in [3.8, 4) is 0 Å². The van der Waals surface area contributed by atoms with Gasteiger partial charge in [0.1, 0.15) is 5.54 Å². The molecular weight excluding hydrogens is 270 g/mol. The van der Waals surface area contributed by atoms with Crippen LogP contribution in [0, 0.1) is 0 Å². The molecular formula is C20H19NO. The number of hydrogen-bond donors (Lipinski definition) is 0. The molecule has 0 aliphatic carbocycles. The van der Waals surface area contributed by atoms with E-state index in [-0.39, 0.29) is 11.3 Å². The minimum atomic E-state index is -0.365. The summed E-state index contributed by atoms with van der Waals surface area (Å²) in [6.45, 7) is 3.06. The molecule has 2 heterocycles. The number of benzene rings is 2. The van der Waals surface area contributed by atoms with Gasteiger partial charge in [-0.05, 0) is 30.9 Å². The van der Waals surface area contributed by atoms with Crippen molar-refractivity contribution in [2.45, 2.75) is 25.3 Å². The summed E-state index contributed by atoms with van der Waals surface area (Å²) in [6.07, 6.45) is 2.03. The number of nitrogens with zero attached hydrogens (tertiary/aromatic N) is 1. The fourth-order valence-electron chi connectivity index (χ4n) is 3.84. The maximum atomic E-state index is 13.2. The van der Waals surface area contributed by atoms with Gasteiger partial charge in [0.2, 0.25) is 0 Å². The van der Waals surface area contributed by atoms with E-state index in [1.165, 1.54) is 0 Å². The molecule has 1 fully saturated rings. The summed E-state index contributed by atoms with van der Waals surface area (Å²) in [4.78, 5) is 15.5. The first-order valence-electron chi connectivity index (χ1n) is 7.89. The molecule has 0 saturated carbocycles. The first-order valence-corrected chi connectivity index (χ1v) is 7.89. The molecule has 2 nitrogen and oxygen atoms in total. The van der Waals surface area contributed by atoms with E-state index < -0.39 is 0 Å². The Morgan fingerprint density at radius 1 is 0.909 bits per heavy atom. The third-order valence-corrected chi connectivity index (χ3v) is 4.97. The molecule has 4 rings (SSSR count). The van der Waals surface area contributed by atoms with E-state index in [0.29, 0.717) is 0 Å². The third-order valence-electron chi connectivity index (χ3n) is 4.97. The third kappa shape index (κ3) is 1.77. The zero-order chi connectivity index (χ0) is 15.2. The van der Waals surface area contributed by atoms with Crippen molar-refractivity contribution < 1.29 is 4.79 Å². The molecule has 0 bridgehead atoms. The summed E-state index contributed by atoms with van der Waals surface area (Å²) in [5, 5.41) is 0. The van der Waals surface area contributed by atoms with E-state index in [1.807, 2.05) is 48.5 Å². The summed E-state index contributed by atoms with van der Waals surface area (Å²) in [6, 6.07) is 20.4. The fourth-order valence-corrected chi connectivity index (χ4v) is 3.84. The second kappa shape index (κ2) is 4.84. The first kappa shape index (κ1) is 13.3. The van der Waals surface area contributed by atoms with Gasteiger partial charge >= 0.3 is 0 Å². The molecule has 0 amide bonds. The van der Waals surface area contributed by atoms with Crippen molar-refractivity contribution >= 4 is 17.1 Å². The van der Waals surface area contributed by atoms with E-state index in [1.54, 1.807) is 0 Å². The first-order chi connectivity index (χ1) is 10.7. The molecule has 2 aromatic rings. The summed E-state index contributed by atoms with van der Waals surface area (Å²) in [5.41, 5.74) is 3.80. The summed E-state index contributed by atoms with van der Waals surface area (Å²) in [7, 11) is 0. The van der Waals surface area contributed by atoms with Gasteiger partial charge in [0.05, 0.1) is 11.3 Å². The predicted octanol–water partition coefficient (Wildman–Crippen LogP) is 3.99. The molecule has 1 atom stereocenters. The van der Waals surface area contributed by atoms with Crippen molar-refractivity contribution in [2.75, 3.05) is 6.54 Å². The number of fused-ring (bicyclic) bond motifs is 1. The number of Topliss-reactive ketones (excluding diaryl/α,β-unsaturated/α-hetero) is 1. The SMILES string of the molecule is CC12CCCN1C(c1ccccc1)=C(c1ccccc1)C2=O. The molecule has 2 heteroatoms. The molecule has 0 radical (unpaired) electrons. The van der Waals surface area contributed by atoms with Crippen molar-refractivity contribution in [3.05, 3.63) is 71.8 Å². The van der Waals surface area contributed by atoms with Crippen LogP contribution in [0.25, 0.3) is 11.3 Å². The number of rotatable bonds is 2. The van der Waals surface area contributed by atoms with Gasteiger partial charge in [-0.2, -0.15) is 0 Å². The van der Waals surface area contributed by atoms with E-state index in [4.69, 9.17) is 0 Å². The smallest absolute Gasteiger partial charge is 0.190 e. The zero-order valence-corrected chi connectivity index (χ0v) is 12.8. The van der Waals surface area contributed by atoms with Crippen LogP contribution < -0.4 is 0 Å². The summed E-state index contributed by atoms with van der Waals surface area (Å²) < 4.78 is 0. The van der Waals surface area contributed by atoms with Crippen LogP contribution in [0.1, 0.15) is 30.9 Å². The van der Waals surface area contributed by atoms with Crippen molar-refractivity contribution in [2.24, 2.45) is 0 Å². The highest BCUT2D eigenvalue weighted by Crippen LogP contribution is 2.48. The molecule has 1 saturated heterocycles. The highest BCUT2D eigenvalue weighted by Gasteiger charge is 2.51. The van der Waals surface area contributed by atoms with Gasteiger partial charge in [0.15, 0.2) is 5.78 Å². The van der Waals surface area contributed by atoms with Crippen LogP contribution in [0.5, 0.6) is 0 Å². The Kier molecular flexibility index (Phi) is 2.93. The fraction of sp³-hybridized carbons (Fsp3) is 0.250. The quantitative estimate of drug-likeness (QED) is 0.833. The second-order valence-electron chi connectivity index (χ2n) is 6.31. The van der Waals surface area contributed by atoms with Crippen LogP contribution in [0.4, 0.5) is 0 Å². The van der Waals surface area contributed by atoms with Crippen molar-refractivity contribution in [1.29, 1.82) is 0 Å². The Morgan fingerprint density at radius 2 is 1.50 bits per heavy atom. The average Bonchev–Trinajstić information content (AvgIpc) is 3.04. The Labute approximate surface area is 131 Å². The highest BCUT2D eigenvalue weighted by atomic mass is 16.1. The molecule has 22 heavy (non-hydrogen) atoms. The minimum Gasteiger partial charge on any atom is -0.358 e. The molecule has 2 aromatic carbocycles. The topological polar surface area (TPSA) is 20.3 Å². The van der Waals surface area contributed by atoms with Gasteiger partial charge in [-0.3, -0.25) is 4.79 Å². The lowest BCUT2D eigenvalue weighted by Crippen LogP contribution is -2.41. The Hall–Kier alpha value is -2.35. The standard InChI is InChI=1S/C20H19NO/c1-20-13-8-14-21(20)18(16-11-6-3-7-12-16)17(19(20)22)15-9-4-2-5-10-15/h2-7,9-12H,8,13-14H2,1H3. The Balaban J connectivity index is 1.97. The van der Waals surface area contributed by atoms with Crippen molar-refractivity contribution in [1.82, 2.24) is 4.90 Å². The van der Waals surface area contributed by atoms with Gasteiger partial charge in [-0.25, -0.2) is 0 Å². The van der Waals surface area contributed by atoms with Gasteiger partial charge < -0.3 is 4.90 Å². The minimum absolute atomic E-state index is 0.273. The van der Waals surface area contributed by atoms with Gasteiger partial charge in [-0.1, -0.05) is 60.7 Å². The summed E-state index contributed by atoms with van der Waals surface area (Å²) in [5.74, 6) is 0.273. The maximum absolute atomic E-state index is 13.2. The monoisotopic (exact) mass is 289 g/mol. The van der Waals surface area contributed by atoms with E-state index in [0.717, 1.165) is 41.8 Å². The van der Waals surface area contributed by atoms with Crippen LogP contribution in [0.2, 0.25) is 0 Å². The number of carbonyl (C=O) groups excluding carboxylic acids is 1. The average molecular weight is 289 g/mol.